The topological polar surface area (TPSA) is 63.6 Å². The van der Waals surface area contributed by atoms with Crippen molar-refractivity contribution in [3.05, 3.63) is 70.8 Å². The van der Waals surface area contributed by atoms with E-state index in [4.69, 9.17) is 0 Å². The molecule has 0 atom stereocenters. The standard InChI is InChI=1S/C18H20O4/c1-6-11(2)10-12(3)8-7-9-13(4)16(19)15-17(20)14(5)22-18(15)21/h6-10,19H,5H2,1-4H3/b8-7+,11-6+,12-10+,13-9+,16-15-. The van der Waals surface area contributed by atoms with Crippen LogP contribution in [-0.2, 0) is 14.3 Å². The van der Waals surface area contributed by atoms with Crippen LogP contribution in [0.2, 0.25) is 0 Å². The number of Topliss-reactive ketones (excluding diaryl/α,β-unsaturated/α-hetero) is 1. The summed E-state index contributed by atoms with van der Waals surface area (Å²) in [6.07, 6.45) is 9.23. The molecule has 0 saturated carbocycles. The van der Waals surface area contributed by atoms with Crippen LogP contribution in [0.25, 0.3) is 0 Å². The molecule has 1 aliphatic rings. The van der Waals surface area contributed by atoms with E-state index in [0.717, 1.165) is 11.1 Å². The number of allylic oxidation sites excluding steroid dienone is 9. The SMILES string of the molecule is C=C1OC(=O)/C(=C(O)/C(C)=C/C=C/C(C)=C/C(C)=C/C)C1=O. The Labute approximate surface area is 130 Å². The maximum atomic E-state index is 11.7. The fourth-order valence-electron chi connectivity index (χ4n) is 1.76. The predicted octanol–water partition coefficient (Wildman–Crippen LogP) is 3.85. The Morgan fingerprint density at radius 3 is 2.32 bits per heavy atom. The van der Waals surface area contributed by atoms with E-state index in [1.54, 1.807) is 19.1 Å². The lowest BCUT2D eigenvalue weighted by molar-refractivity contribution is -0.132. The van der Waals surface area contributed by atoms with Crippen molar-refractivity contribution in [1.29, 1.82) is 0 Å². The molecule has 4 nitrogen and oxygen atoms in total. The lowest BCUT2D eigenvalue weighted by Gasteiger charge is -2.00. The molecule has 1 rings (SSSR count). The summed E-state index contributed by atoms with van der Waals surface area (Å²) >= 11 is 0. The fourth-order valence-corrected chi connectivity index (χ4v) is 1.76. The molecule has 0 aliphatic carbocycles. The first-order valence-corrected chi connectivity index (χ1v) is 6.83. The van der Waals surface area contributed by atoms with Crippen molar-refractivity contribution in [2.45, 2.75) is 27.7 Å². The summed E-state index contributed by atoms with van der Waals surface area (Å²) in [5, 5.41) is 10.0. The first-order chi connectivity index (χ1) is 10.3. The average molecular weight is 300 g/mol. The zero-order valence-electron chi connectivity index (χ0n) is 13.3. The normalized spacial score (nSPS) is 20.0. The van der Waals surface area contributed by atoms with E-state index in [9.17, 15) is 14.7 Å². The van der Waals surface area contributed by atoms with Gasteiger partial charge >= 0.3 is 5.97 Å². The third-order valence-corrected chi connectivity index (χ3v) is 3.13. The average Bonchev–Trinajstić information content (AvgIpc) is 2.71. The van der Waals surface area contributed by atoms with Gasteiger partial charge in [0.1, 0.15) is 5.76 Å². The highest BCUT2D eigenvalue weighted by atomic mass is 16.5. The lowest BCUT2D eigenvalue weighted by atomic mass is 10.1. The van der Waals surface area contributed by atoms with Gasteiger partial charge in [0.15, 0.2) is 11.3 Å². The minimum atomic E-state index is -0.871. The predicted molar refractivity (Wildman–Crippen MR) is 86.0 cm³/mol. The third kappa shape index (κ3) is 4.19. The molecule has 1 fully saturated rings. The van der Waals surface area contributed by atoms with Crippen LogP contribution in [0.15, 0.2) is 70.8 Å². The Hall–Kier alpha value is -2.62. The van der Waals surface area contributed by atoms with Crippen molar-refractivity contribution in [2.24, 2.45) is 0 Å². The Balaban J connectivity index is 2.99. The molecule has 116 valence electrons. The summed E-state index contributed by atoms with van der Waals surface area (Å²) in [7, 11) is 0. The number of carbonyl (C=O) groups is 2. The van der Waals surface area contributed by atoms with Gasteiger partial charge in [0, 0.05) is 0 Å². The Morgan fingerprint density at radius 2 is 1.82 bits per heavy atom. The second kappa shape index (κ2) is 7.41. The van der Waals surface area contributed by atoms with Crippen LogP contribution in [0.3, 0.4) is 0 Å². The molecule has 0 radical (unpaired) electrons. The quantitative estimate of drug-likeness (QED) is 0.281. The molecule has 1 aliphatic heterocycles. The van der Waals surface area contributed by atoms with Crippen molar-refractivity contribution in [3.63, 3.8) is 0 Å². The second-order valence-electron chi connectivity index (χ2n) is 5.00. The largest absolute Gasteiger partial charge is 0.507 e. The molecule has 0 amide bonds. The van der Waals surface area contributed by atoms with Gasteiger partial charge in [-0.25, -0.2) is 4.79 Å². The first kappa shape index (κ1) is 17.4. The molecule has 1 N–H and O–H groups in total. The van der Waals surface area contributed by atoms with Gasteiger partial charge in [0.25, 0.3) is 0 Å². The molecule has 0 bridgehead atoms. The highest BCUT2D eigenvalue weighted by molar-refractivity contribution is 6.28. The van der Waals surface area contributed by atoms with Gasteiger partial charge in [-0.3, -0.25) is 4.79 Å². The van der Waals surface area contributed by atoms with Crippen molar-refractivity contribution >= 4 is 11.8 Å². The van der Waals surface area contributed by atoms with E-state index in [0.29, 0.717) is 5.57 Å². The molecule has 0 aromatic carbocycles. The molecular weight excluding hydrogens is 280 g/mol. The number of ketones is 1. The summed E-state index contributed by atoms with van der Waals surface area (Å²) in [6.45, 7) is 10.8. The molecule has 0 spiro atoms. The highest BCUT2D eigenvalue weighted by Gasteiger charge is 2.36. The van der Waals surface area contributed by atoms with Crippen molar-refractivity contribution in [2.75, 3.05) is 0 Å². The third-order valence-electron chi connectivity index (χ3n) is 3.13. The highest BCUT2D eigenvalue weighted by Crippen LogP contribution is 2.24. The number of rotatable bonds is 4. The van der Waals surface area contributed by atoms with Crippen LogP contribution < -0.4 is 0 Å². The van der Waals surface area contributed by atoms with Gasteiger partial charge < -0.3 is 9.84 Å². The maximum Gasteiger partial charge on any atom is 0.351 e. The summed E-state index contributed by atoms with van der Waals surface area (Å²) in [6, 6.07) is 0. The van der Waals surface area contributed by atoms with E-state index in [1.807, 2.05) is 39.0 Å². The number of esters is 1. The summed E-state index contributed by atoms with van der Waals surface area (Å²) in [4.78, 5) is 23.2. The molecule has 4 heteroatoms. The number of hydrogen-bond donors (Lipinski definition) is 1. The van der Waals surface area contributed by atoms with Crippen LogP contribution >= 0.6 is 0 Å². The van der Waals surface area contributed by atoms with Crippen molar-refractivity contribution < 1.29 is 19.4 Å². The maximum absolute atomic E-state index is 11.7. The second-order valence-corrected chi connectivity index (χ2v) is 5.00. The van der Waals surface area contributed by atoms with E-state index < -0.39 is 11.8 Å². The smallest absolute Gasteiger partial charge is 0.351 e. The number of cyclic esters (lactones) is 1. The molecule has 0 unspecified atom stereocenters. The number of ether oxygens (including phenoxy) is 1. The lowest BCUT2D eigenvalue weighted by Crippen LogP contribution is -2.06. The zero-order chi connectivity index (χ0) is 16.9. The van der Waals surface area contributed by atoms with Crippen LogP contribution in [-0.4, -0.2) is 16.9 Å². The first-order valence-electron chi connectivity index (χ1n) is 6.83. The van der Waals surface area contributed by atoms with Gasteiger partial charge in [0.2, 0.25) is 5.78 Å². The monoisotopic (exact) mass is 300 g/mol. The Morgan fingerprint density at radius 1 is 1.18 bits per heavy atom. The number of carbonyl (C=O) groups excluding carboxylic acids is 2. The molecular formula is C18H20O4. The fraction of sp³-hybridized carbons (Fsp3) is 0.222. The van der Waals surface area contributed by atoms with Gasteiger partial charge in [0.05, 0.1) is 0 Å². The Kier molecular flexibility index (Phi) is 5.87. The Bertz CT molecular complexity index is 667. The minimum Gasteiger partial charge on any atom is -0.507 e. The van der Waals surface area contributed by atoms with Gasteiger partial charge in [-0.05, 0) is 33.3 Å². The molecule has 1 heterocycles. The molecule has 0 aromatic heterocycles. The molecule has 22 heavy (non-hydrogen) atoms. The summed E-state index contributed by atoms with van der Waals surface area (Å²) in [5.74, 6) is -2.21. The van der Waals surface area contributed by atoms with Crippen LogP contribution in [0.1, 0.15) is 27.7 Å². The summed E-state index contributed by atoms with van der Waals surface area (Å²) in [5.41, 5.74) is 2.20. The zero-order valence-corrected chi connectivity index (χ0v) is 13.3. The van der Waals surface area contributed by atoms with Gasteiger partial charge in [-0.1, -0.05) is 48.1 Å². The number of aliphatic hydroxyl groups excluding tert-OH is 1. The van der Waals surface area contributed by atoms with Crippen LogP contribution in [0.5, 0.6) is 0 Å². The van der Waals surface area contributed by atoms with Gasteiger partial charge in [-0.2, -0.15) is 0 Å². The minimum absolute atomic E-state index is 0.268. The van der Waals surface area contributed by atoms with Crippen molar-refractivity contribution in [3.8, 4) is 0 Å². The van der Waals surface area contributed by atoms with Gasteiger partial charge in [-0.15, -0.1) is 0 Å². The van der Waals surface area contributed by atoms with E-state index in [1.165, 1.54) is 0 Å². The van der Waals surface area contributed by atoms with Crippen LogP contribution in [0.4, 0.5) is 0 Å². The van der Waals surface area contributed by atoms with E-state index >= 15 is 0 Å². The van der Waals surface area contributed by atoms with Crippen LogP contribution in [0, 0.1) is 0 Å². The number of aliphatic hydroxyl groups is 1. The molecule has 1 saturated heterocycles. The van der Waals surface area contributed by atoms with Crippen molar-refractivity contribution in [1.82, 2.24) is 0 Å². The number of hydrogen-bond acceptors (Lipinski definition) is 4. The van der Waals surface area contributed by atoms with E-state index in [-0.39, 0.29) is 17.1 Å². The van der Waals surface area contributed by atoms with E-state index in [2.05, 4.69) is 11.3 Å². The molecule has 0 aromatic rings. The summed E-state index contributed by atoms with van der Waals surface area (Å²) < 4.78 is 4.59.